The number of hydrogen-bond donors (Lipinski definition) is 2. The summed E-state index contributed by atoms with van der Waals surface area (Å²) >= 11 is 0. The van der Waals surface area contributed by atoms with Gasteiger partial charge in [0, 0.05) is 26.1 Å². The molecule has 1 aromatic heterocycles. The SMILES string of the molecule is CCNC(=NCc1nnc2n1CCC2)NCC(C1CC1)C1CC1. The van der Waals surface area contributed by atoms with Crippen LogP contribution in [-0.4, -0.2) is 33.8 Å². The smallest absolute Gasteiger partial charge is 0.191 e. The second-order valence-corrected chi connectivity index (χ2v) is 7.20. The minimum Gasteiger partial charge on any atom is -0.357 e. The molecule has 2 N–H and O–H groups in total. The summed E-state index contributed by atoms with van der Waals surface area (Å²) in [5.41, 5.74) is 0. The largest absolute Gasteiger partial charge is 0.357 e. The van der Waals surface area contributed by atoms with E-state index in [-0.39, 0.29) is 0 Å². The van der Waals surface area contributed by atoms with E-state index in [2.05, 4.69) is 32.3 Å². The van der Waals surface area contributed by atoms with E-state index >= 15 is 0 Å². The maximum atomic E-state index is 4.74. The summed E-state index contributed by atoms with van der Waals surface area (Å²) in [6, 6.07) is 0. The number of rotatable bonds is 7. The van der Waals surface area contributed by atoms with Gasteiger partial charge in [-0.2, -0.15) is 0 Å². The summed E-state index contributed by atoms with van der Waals surface area (Å²) < 4.78 is 2.23. The Balaban J connectivity index is 1.36. The van der Waals surface area contributed by atoms with Crippen LogP contribution in [0.3, 0.4) is 0 Å². The fourth-order valence-electron chi connectivity index (χ4n) is 3.80. The molecule has 0 radical (unpaired) electrons. The molecule has 2 heterocycles. The summed E-state index contributed by atoms with van der Waals surface area (Å²) in [5, 5.41) is 15.5. The molecule has 126 valence electrons. The predicted octanol–water partition coefficient (Wildman–Crippen LogP) is 1.72. The Labute approximate surface area is 138 Å². The van der Waals surface area contributed by atoms with E-state index in [1.807, 2.05) is 0 Å². The molecule has 2 aliphatic carbocycles. The maximum absolute atomic E-state index is 4.74. The van der Waals surface area contributed by atoms with E-state index in [1.54, 1.807) is 0 Å². The number of aryl methyl sites for hydroxylation is 1. The summed E-state index contributed by atoms with van der Waals surface area (Å²) in [7, 11) is 0. The number of aliphatic imine (C=N–C) groups is 1. The molecule has 6 nitrogen and oxygen atoms in total. The van der Waals surface area contributed by atoms with Crippen LogP contribution >= 0.6 is 0 Å². The highest BCUT2D eigenvalue weighted by Gasteiger charge is 2.41. The average molecular weight is 316 g/mol. The molecule has 2 saturated carbocycles. The van der Waals surface area contributed by atoms with Gasteiger partial charge in [0.15, 0.2) is 11.8 Å². The lowest BCUT2D eigenvalue weighted by Crippen LogP contribution is -2.40. The minimum absolute atomic E-state index is 0.611. The molecule has 3 aliphatic rings. The molecule has 6 heteroatoms. The summed E-state index contributed by atoms with van der Waals surface area (Å²) in [6.45, 7) is 5.73. The van der Waals surface area contributed by atoms with Crippen molar-refractivity contribution in [3.63, 3.8) is 0 Å². The van der Waals surface area contributed by atoms with Gasteiger partial charge in [0.2, 0.25) is 0 Å². The molecule has 0 unspecified atom stereocenters. The van der Waals surface area contributed by atoms with Gasteiger partial charge in [-0.15, -0.1) is 10.2 Å². The van der Waals surface area contributed by atoms with Crippen LogP contribution in [0.5, 0.6) is 0 Å². The first kappa shape index (κ1) is 15.0. The third kappa shape index (κ3) is 3.51. The van der Waals surface area contributed by atoms with Crippen LogP contribution in [0.25, 0.3) is 0 Å². The number of hydrogen-bond acceptors (Lipinski definition) is 3. The van der Waals surface area contributed by atoms with Crippen molar-refractivity contribution >= 4 is 5.96 Å². The van der Waals surface area contributed by atoms with Crippen molar-refractivity contribution < 1.29 is 0 Å². The van der Waals surface area contributed by atoms with Crippen LogP contribution in [0.1, 0.15) is 50.7 Å². The monoisotopic (exact) mass is 316 g/mol. The van der Waals surface area contributed by atoms with Crippen molar-refractivity contribution in [3.8, 4) is 0 Å². The summed E-state index contributed by atoms with van der Waals surface area (Å²) in [5.74, 6) is 5.84. The predicted molar refractivity (Wildman–Crippen MR) is 90.1 cm³/mol. The zero-order chi connectivity index (χ0) is 15.6. The van der Waals surface area contributed by atoms with Crippen LogP contribution in [0.15, 0.2) is 4.99 Å². The third-order valence-corrected chi connectivity index (χ3v) is 5.37. The molecule has 1 aromatic rings. The fraction of sp³-hybridized carbons (Fsp3) is 0.824. The molecule has 23 heavy (non-hydrogen) atoms. The molecule has 2 fully saturated rings. The Morgan fingerprint density at radius 1 is 1.22 bits per heavy atom. The Morgan fingerprint density at radius 2 is 2.00 bits per heavy atom. The van der Waals surface area contributed by atoms with Gasteiger partial charge in [-0.3, -0.25) is 0 Å². The number of aromatic nitrogens is 3. The fourth-order valence-corrected chi connectivity index (χ4v) is 3.80. The normalized spacial score (nSPS) is 20.9. The Kier molecular flexibility index (Phi) is 4.23. The van der Waals surface area contributed by atoms with E-state index in [1.165, 1.54) is 32.1 Å². The van der Waals surface area contributed by atoms with Crippen molar-refractivity contribution in [1.82, 2.24) is 25.4 Å². The lowest BCUT2D eigenvalue weighted by atomic mass is 9.98. The first-order valence-electron chi connectivity index (χ1n) is 9.28. The van der Waals surface area contributed by atoms with Crippen molar-refractivity contribution in [2.75, 3.05) is 13.1 Å². The van der Waals surface area contributed by atoms with Crippen LogP contribution in [0.4, 0.5) is 0 Å². The van der Waals surface area contributed by atoms with E-state index in [0.29, 0.717) is 6.54 Å². The van der Waals surface area contributed by atoms with Gasteiger partial charge in [0.05, 0.1) is 0 Å². The van der Waals surface area contributed by atoms with Crippen LogP contribution in [0, 0.1) is 17.8 Å². The second kappa shape index (κ2) is 6.49. The van der Waals surface area contributed by atoms with Gasteiger partial charge in [0.25, 0.3) is 0 Å². The van der Waals surface area contributed by atoms with Crippen molar-refractivity contribution in [2.45, 2.75) is 58.5 Å². The molecule has 0 bridgehead atoms. The van der Waals surface area contributed by atoms with Gasteiger partial charge in [-0.1, -0.05) is 0 Å². The molecule has 0 atom stereocenters. The molecular weight excluding hydrogens is 288 g/mol. The zero-order valence-electron chi connectivity index (χ0n) is 14.1. The van der Waals surface area contributed by atoms with Crippen molar-refractivity contribution in [1.29, 1.82) is 0 Å². The standard InChI is InChI=1S/C17H28N6/c1-2-18-17(19-10-14(12-5-6-12)13-7-8-13)20-11-16-22-21-15-4-3-9-23(15)16/h12-14H,2-11H2,1H3,(H2,18,19,20). The van der Waals surface area contributed by atoms with Gasteiger partial charge < -0.3 is 15.2 Å². The van der Waals surface area contributed by atoms with Crippen molar-refractivity contribution in [3.05, 3.63) is 11.6 Å². The highest BCUT2D eigenvalue weighted by molar-refractivity contribution is 5.79. The molecule has 4 rings (SSSR count). The Morgan fingerprint density at radius 3 is 2.70 bits per heavy atom. The first-order chi connectivity index (χ1) is 11.3. The molecular formula is C17H28N6. The van der Waals surface area contributed by atoms with E-state index in [9.17, 15) is 0 Å². The summed E-state index contributed by atoms with van der Waals surface area (Å²) in [6.07, 6.45) is 7.97. The van der Waals surface area contributed by atoms with E-state index in [4.69, 9.17) is 4.99 Å². The average Bonchev–Trinajstić information content (AvgIpc) is 3.46. The first-order valence-corrected chi connectivity index (χ1v) is 9.28. The quantitative estimate of drug-likeness (QED) is 0.594. The lowest BCUT2D eigenvalue weighted by Gasteiger charge is -2.18. The van der Waals surface area contributed by atoms with Crippen LogP contribution in [-0.2, 0) is 19.5 Å². The zero-order valence-corrected chi connectivity index (χ0v) is 14.1. The summed E-state index contributed by atoms with van der Waals surface area (Å²) in [4.78, 5) is 4.74. The molecule has 0 saturated heterocycles. The number of guanidine groups is 1. The van der Waals surface area contributed by atoms with Crippen molar-refractivity contribution in [2.24, 2.45) is 22.7 Å². The third-order valence-electron chi connectivity index (χ3n) is 5.37. The minimum atomic E-state index is 0.611. The van der Waals surface area contributed by atoms with Gasteiger partial charge >= 0.3 is 0 Å². The molecule has 0 aromatic carbocycles. The van der Waals surface area contributed by atoms with E-state index in [0.717, 1.165) is 61.4 Å². The molecule has 0 spiro atoms. The Hall–Kier alpha value is -1.59. The van der Waals surface area contributed by atoms with E-state index < -0.39 is 0 Å². The number of nitrogens with zero attached hydrogens (tertiary/aromatic N) is 4. The highest BCUT2D eigenvalue weighted by atomic mass is 15.3. The van der Waals surface area contributed by atoms with Gasteiger partial charge in [-0.05, 0) is 56.8 Å². The highest BCUT2D eigenvalue weighted by Crippen LogP contribution is 2.48. The van der Waals surface area contributed by atoms with Crippen LogP contribution < -0.4 is 10.6 Å². The Bertz CT molecular complexity index is 558. The number of nitrogens with one attached hydrogen (secondary N) is 2. The topological polar surface area (TPSA) is 67.1 Å². The lowest BCUT2D eigenvalue weighted by molar-refractivity contribution is 0.400. The van der Waals surface area contributed by atoms with Gasteiger partial charge in [-0.25, -0.2) is 4.99 Å². The number of fused-ring (bicyclic) bond motifs is 1. The maximum Gasteiger partial charge on any atom is 0.191 e. The molecule has 0 amide bonds. The second-order valence-electron chi connectivity index (χ2n) is 7.20. The van der Waals surface area contributed by atoms with Crippen LogP contribution in [0.2, 0.25) is 0 Å². The molecule has 1 aliphatic heterocycles. The van der Waals surface area contributed by atoms with Gasteiger partial charge in [0.1, 0.15) is 12.4 Å².